The summed E-state index contributed by atoms with van der Waals surface area (Å²) in [4.78, 5) is 0. The summed E-state index contributed by atoms with van der Waals surface area (Å²) in [7, 11) is 0. The SMILES string of the molecule is N/N=C/c1cnn(CC(F)(F)F)c1. The molecule has 72 valence electrons. The second kappa shape index (κ2) is 3.46. The second-order valence-corrected chi connectivity index (χ2v) is 2.36. The van der Waals surface area contributed by atoms with Gasteiger partial charge in [0.05, 0.1) is 12.4 Å². The molecule has 1 rings (SSSR count). The topological polar surface area (TPSA) is 56.2 Å². The molecule has 0 saturated carbocycles. The van der Waals surface area contributed by atoms with Gasteiger partial charge in [-0.05, 0) is 0 Å². The normalized spacial score (nSPS) is 12.5. The van der Waals surface area contributed by atoms with Gasteiger partial charge in [0.25, 0.3) is 0 Å². The molecule has 1 aromatic heterocycles. The molecule has 13 heavy (non-hydrogen) atoms. The van der Waals surface area contributed by atoms with Crippen LogP contribution in [0.2, 0.25) is 0 Å². The molecular formula is C6H7F3N4. The smallest absolute Gasteiger partial charge is 0.323 e. The standard InChI is InChI=1S/C6H7F3N4/c7-6(8,9)4-13-3-5(1-11-10)2-12-13/h1-3H,4,10H2/b11-1+. The number of aromatic nitrogens is 2. The highest BCUT2D eigenvalue weighted by molar-refractivity contribution is 5.78. The van der Waals surface area contributed by atoms with Gasteiger partial charge in [-0.2, -0.15) is 23.4 Å². The molecule has 0 bridgehead atoms. The number of rotatable bonds is 2. The van der Waals surface area contributed by atoms with Crippen LogP contribution in [0.5, 0.6) is 0 Å². The molecular weight excluding hydrogens is 185 g/mol. The van der Waals surface area contributed by atoms with E-state index in [-0.39, 0.29) is 0 Å². The zero-order chi connectivity index (χ0) is 9.90. The van der Waals surface area contributed by atoms with Gasteiger partial charge in [0, 0.05) is 11.8 Å². The van der Waals surface area contributed by atoms with Crippen molar-refractivity contribution in [1.29, 1.82) is 0 Å². The fourth-order valence-electron chi connectivity index (χ4n) is 0.802. The Morgan fingerprint density at radius 1 is 1.62 bits per heavy atom. The summed E-state index contributed by atoms with van der Waals surface area (Å²) < 4.78 is 36.2. The van der Waals surface area contributed by atoms with E-state index in [9.17, 15) is 13.2 Å². The fraction of sp³-hybridized carbons (Fsp3) is 0.333. The van der Waals surface area contributed by atoms with E-state index >= 15 is 0 Å². The molecule has 0 amide bonds. The Bertz CT molecular complexity index is 301. The minimum atomic E-state index is -4.26. The third-order valence-electron chi connectivity index (χ3n) is 1.22. The van der Waals surface area contributed by atoms with Crippen LogP contribution in [0.15, 0.2) is 17.5 Å². The summed E-state index contributed by atoms with van der Waals surface area (Å²) in [5.74, 6) is 4.81. The Balaban J connectivity index is 2.69. The number of hydrazone groups is 1. The van der Waals surface area contributed by atoms with E-state index in [4.69, 9.17) is 5.84 Å². The van der Waals surface area contributed by atoms with E-state index in [1.165, 1.54) is 18.6 Å². The van der Waals surface area contributed by atoms with Crippen LogP contribution < -0.4 is 5.84 Å². The summed E-state index contributed by atoms with van der Waals surface area (Å²) in [5.41, 5.74) is 0.437. The maximum Gasteiger partial charge on any atom is 0.408 e. The predicted molar refractivity (Wildman–Crippen MR) is 40.1 cm³/mol. The summed E-state index contributed by atoms with van der Waals surface area (Å²) in [6.07, 6.45) is -0.574. The van der Waals surface area contributed by atoms with Crippen molar-refractivity contribution in [2.45, 2.75) is 12.7 Å². The Kier molecular flexibility index (Phi) is 2.54. The Morgan fingerprint density at radius 2 is 2.31 bits per heavy atom. The zero-order valence-corrected chi connectivity index (χ0v) is 6.49. The second-order valence-electron chi connectivity index (χ2n) is 2.36. The van der Waals surface area contributed by atoms with Crippen molar-refractivity contribution in [3.63, 3.8) is 0 Å². The number of nitrogens with two attached hydrogens (primary N) is 1. The minimum Gasteiger partial charge on any atom is -0.323 e. The average molecular weight is 192 g/mol. The highest BCUT2D eigenvalue weighted by Gasteiger charge is 2.28. The molecule has 2 N–H and O–H groups in total. The molecule has 1 heterocycles. The van der Waals surface area contributed by atoms with Gasteiger partial charge in [-0.1, -0.05) is 0 Å². The van der Waals surface area contributed by atoms with Crippen molar-refractivity contribution in [2.75, 3.05) is 0 Å². The van der Waals surface area contributed by atoms with Crippen LogP contribution in [0.1, 0.15) is 5.56 Å². The molecule has 0 saturated heterocycles. The summed E-state index contributed by atoms with van der Waals surface area (Å²) in [6.45, 7) is -1.11. The zero-order valence-electron chi connectivity index (χ0n) is 6.49. The number of hydrogen-bond donors (Lipinski definition) is 1. The molecule has 0 unspecified atom stereocenters. The number of hydrogen-bond acceptors (Lipinski definition) is 3. The maximum atomic E-state index is 11.8. The maximum absolute atomic E-state index is 11.8. The molecule has 4 nitrogen and oxygen atoms in total. The van der Waals surface area contributed by atoms with Crippen molar-refractivity contribution in [2.24, 2.45) is 10.9 Å². The molecule has 0 radical (unpaired) electrons. The van der Waals surface area contributed by atoms with Crippen LogP contribution >= 0.6 is 0 Å². The lowest BCUT2D eigenvalue weighted by molar-refractivity contribution is -0.142. The van der Waals surface area contributed by atoms with Gasteiger partial charge in [-0.15, -0.1) is 0 Å². The number of alkyl halides is 3. The van der Waals surface area contributed by atoms with Gasteiger partial charge in [0.15, 0.2) is 0 Å². The summed E-state index contributed by atoms with van der Waals surface area (Å²) >= 11 is 0. The Labute approximate surface area is 71.8 Å². The minimum absolute atomic E-state index is 0.437. The van der Waals surface area contributed by atoms with Crippen molar-refractivity contribution >= 4 is 6.21 Å². The van der Waals surface area contributed by atoms with Gasteiger partial charge >= 0.3 is 6.18 Å². The van der Waals surface area contributed by atoms with Crippen molar-refractivity contribution in [1.82, 2.24) is 9.78 Å². The van der Waals surface area contributed by atoms with Crippen LogP contribution in [0.4, 0.5) is 13.2 Å². The third-order valence-corrected chi connectivity index (χ3v) is 1.22. The van der Waals surface area contributed by atoms with E-state index in [0.717, 1.165) is 4.68 Å². The van der Waals surface area contributed by atoms with Crippen LogP contribution in [0.3, 0.4) is 0 Å². The van der Waals surface area contributed by atoms with Gasteiger partial charge in [0.2, 0.25) is 0 Å². The first kappa shape index (κ1) is 9.56. The van der Waals surface area contributed by atoms with Crippen LogP contribution in [-0.4, -0.2) is 22.2 Å². The van der Waals surface area contributed by atoms with Gasteiger partial charge < -0.3 is 5.84 Å². The van der Waals surface area contributed by atoms with E-state index in [1.807, 2.05) is 0 Å². The molecule has 0 aliphatic heterocycles. The van der Waals surface area contributed by atoms with Gasteiger partial charge in [0.1, 0.15) is 6.54 Å². The van der Waals surface area contributed by atoms with Crippen molar-refractivity contribution in [3.05, 3.63) is 18.0 Å². The van der Waals surface area contributed by atoms with Crippen molar-refractivity contribution in [3.8, 4) is 0 Å². The predicted octanol–water partition coefficient (Wildman–Crippen LogP) is 0.738. The molecule has 0 fully saturated rings. The Hall–Kier alpha value is -1.53. The largest absolute Gasteiger partial charge is 0.408 e. The van der Waals surface area contributed by atoms with Crippen LogP contribution in [0, 0.1) is 0 Å². The lowest BCUT2D eigenvalue weighted by Gasteiger charge is -2.04. The number of nitrogens with zero attached hydrogens (tertiary/aromatic N) is 3. The van der Waals surface area contributed by atoms with E-state index in [1.54, 1.807) is 0 Å². The molecule has 1 aromatic rings. The number of halogens is 3. The monoisotopic (exact) mass is 192 g/mol. The van der Waals surface area contributed by atoms with Gasteiger partial charge in [-0.3, -0.25) is 4.68 Å². The highest BCUT2D eigenvalue weighted by atomic mass is 19.4. The van der Waals surface area contributed by atoms with E-state index < -0.39 is 12.7 Å². The summed E-state index contributed by atoms with van der Waals surface area (Å²) in [6, 6.07) is 0. The first-order valence-electron chi connectivity index (χ1n) is 3.34. The Morgan fingerprint density at radius 3 is 2.85 bits per heavy atom. The summed E-state index contributed by atoms with van der Waals surface area (Å²) in [5, 5.41) is 6.63. The first-order chi connectivity index (χ1) is 6.01. The van der Waals surface area contributed by atoms with E-state index in [0.29, 0.717) is 5.56 Å². The quantitative estimate of drug-likeness (QED) is 0.426. The molecule has 0 spiro atoms. The van der Waals surface area contributed by atoms with Crippen LogP contribution in [-0.2, 0) is 6.54 Å². The lowest BCUT2D eigenvalue weighted by Crippen LogP contribution is -2.17. The van der Waals surface area contributed by atoms with Crippen LogP contribution in [0.25, 0.3) is 0 Å². The molecule has 0 atom stereocenters. The molecule has 0 aliphatic rings. The molecule has 0 aliphatic carbocycles. The third kappa shape index (κ3) is 3.14. The highest BCUT2D eigenvalue weighted by Crippen LogP contribution is 2.16. The first-order valence-corrected chi connectivity index (χ1v) is 3.34. The fourth-order valence-corrected chi connectivity index (χ4v) is 0.802. The van der Waals surface area contributed by atoms with Crippen molar-refractivity contribution < 1.29 is 13.2 Å². The average Bonchev–Trinajstić information content (AvgIpc) is 2.33. The lowest BCUT2D eigenvalue weighted by atomic mass is 10.4. The molecule has 7 heteroatoms. The van der Waals surface area contributed by atoms with Gasteiger partial charge in [-0.25, -0.2) is 0 Å². The molecule has 0 aromatic carbocycles. The van der Waals surface area contributed by atoms with E-state index in [2.05, 4.69) is 10.2 Å².